The molecule has 1 fully saturated rings. The van der Waals surface area contributed by atoms with E-state index in [4.69, 9.17) is 28.7 Å². The molecule has 0 saturated carbocycles. The van der Waals surface area contributed by atoms with Gasteiger partial charge in [0, 0.05) is 28.2 Å². The lowest BCUT2D eigenvalue weighted by Gasteiger charge is -2.34. The van der Waals surface area contributed by atoms with Crippen molar-refractivity contribution in [3.05, 3.63) is 0 Å². The van der Waals surface area contributed by atoms with Crippen LogP contribution in [-0.4, -0.2) is 82.1 Å². The minimum Gasteiger partial charge on any atom is -0.425 e. The molecule has 0 aromatic heterocycles. The Hall–Kier alpha value is 0.537. The predicted octanol–water partition coefficient (Wildman–Crippen LogP) is 1.35. The Morgan fingerprint density at radius 3 is 2.64 bits per heavy atom. The van der Waals surface area contributed by atoms with Gasteiger partial charge in [-0.05, 0) is 26.7 Å². The van der Waals surface area contributed by atoms with Crippen LogP contribution in [0.1, 0.15) is 40.5 Å². The van der Waals surface area contributed by atoms with Crippen LogP contribution in [0.3, 0.4) is 0 Å². The van der Waals surface area contributed by atoms with Crippen LogP contribution in [0.2, 0.25) is 6.82 Å². The first-order valence-electron chi connectivity index (χ1n) is 10.2. The zero-order chi connectivity index (χ0) is 20.4. The third-order valence-corrected chi connectivity index (χ3v) is 6.15. The van der Waals surface area contributed by atoms with Gasteiger partial charge in [0.25, 0.3) is 0 Å². The maximum atomic E-state index is 8.04. The smallest absolute Gasteiger partial charge is 0.187 e. The minimum atomic E-state index is -3.41. The lowest BCUT2D eigenvalue weighted by atomic mass is 9.93. The van der Waals surface area contributed by atoms with Gasteiger partial charge in [-0.25, -0.2) is 9.76 Å². The summed E-state index contributed by atoms with van der Waals surface area (Å²) >= 11 is 0. The molecule has 0 aromatic carbocycles. The Morgan fingerprint density at radius 1 is 1.40 bits per heavy atom. The second-order valence-corrected chi connectivity index (χ2v) is 8.57. The van der Waals surface area contributed by atoms with Crippen molar-refractivity contribution >= 4 is 32.7 Å². The molecule has 0 bridgehead atoms. The van der Waals surface area contributed by atoms with Gasteiger partial charge in [0.15, 0.2) is 8.45 Å². The molecule has 0 aromatic rings. The van der Waals surface area contributed by atoms with Crippen LogP contribution in [0.5, 0.6) is 0 Å². The highest BCUT2D eigenvalue weighted by molar-refractivity contribution is 7.47. The van der Waals surface area contributed by atoms with E-state index in [0.717, 1.165) is 25.9 Å². The van der Waals surface area contributed by atoms with Crippen LogP contribution < -0.4 is 5.09 Å². The SMILES string of the molecule is [2H][Si]([3H])([B]C)OC1C(OP(NCOCC)N(CCC)CCC)[C@@H](C)O[C@@H]1[B]. The predicted molar refractivity (Wildman–Crippen MR) is 109 cm³/mol. The van der Waals surface area contributed by atoms with E-state index in [9.17, 15) is 0 Å². The van der Waals surface area contributed by atoms with Crippen molar-refractivity contribution in [1.29, 1.82) is 2.47 Å². The van der Waals surface area contributed by atoms with E-state index in [1.807, 2.05) is 13.8 Å². The Bertz CT molecular complexity index is 418. The van der Waals surface area contributed by atoms with Gasteiger partial charge >= 0.3 is 0 Å². The summed E-state index contributed by atoms with van der Waals surface area (Å²) in [6.07, 6.45) is 0.653. The van der Waals surface area contributed by atoms with Crippen molar-refractivity contribution in [3.8, 4) is 0 Å². The molecule has 1 rings (SSSR count). The Labute approximate surface area is 162 Å². The van der Waals surface area contributed by atoms with Gasteiger partial charge in [0.05, 0.1) is 12.2 Å². The van der Waals surface area contributed by atoms with Crippen molar-refractivity contribution in [1.82, 2.24) is 9.76 Å². The molecule has 0 amide bonds. The van der Waals surface area contributed by atoms with Crippen LogP contribution >= 0.6 is 8.45 Å². The molecule has 25 heavy (non-hydrogen) atoms. The third-order valence-electron chi connectivity index (χ3n) is 3.75. The third kappa shape index (κ3) is 7.97. The van der Waals surface area contributed by atoms with E-state index in [2.05, 4.69) is 23.6 Å². The Morgan fingerprint density at radius 2 is 2.08 bits per heavy atom. The normalized spacial score (nSPS) is 31.4. The second-order valence-electron chi connectivity index (χ2n) is 5.89. The summed E-state index contributed by atoms with van der Waals surface area (Å²) in [6.45, 7) is 14.1. The highest BCUT2D eigenvalue weighted by atomic mass is 31.2. The maximum absolute atomic E-state index is 8.04. The van der Waals surface area contributed by atoms with Gasteiger partial charge in [0.2, 0.25) is 0 Å². The van der Waals surface area contributed by atoms with Gasteiger partial charge in [-0.2, -0.15) is 0 Å². The number of ether oxygens (including phenoxy) is 2. The fraction of sp³-hybridized carbons (Fsp3) is 1.00. The maximum Gasteiger partial charge on any atom is 0.187 e. The number of rotatable bonds is 14. The first kappa shape index (κ1) is 20.3. The number of nitrogens with one attached hydrogen (secondary N) is 1. The van der Waals surface area contributed by atoms with Crippen LogP contribution in [-0.2, 0) is 18.4 Å². The van der Waals surface area contributed by atoms with E-state index in [1.54, 1.807) is 6.82 Å². The summed E-state index contributed by atoms with van der Waals surface area (Å²) in [5, 5.41) is 3.35. The zero-order valence-corrected chi connectivity index (χ0v) is 18.1. The molecule has 10 heteroatoms. The number of hydrogen-bond donors (Lipinski definition) is 1. The first-order chi connectivity index (χ1) is 12.8. The van der Waals surface area contributed by atoms with E-state index in [-0.39, 0.29) is 6.10 Å². The molecule has 4 unspecified atom stereocenters. The largest absolute Gasteiger partial charge is 0.425 e. The summed E-state index contributed by atoms with van der Waals surface area (Å²) in [7, 11) is 1.51. The molecule has 143 valence electrons. The quantitative estimate of drug-likeness (QED) is 0.209. The topological polar surface area (TPSA) is 52.2 Å². The summed E-state index contributed by atoms with van der Waals surface area (Å²) < 4.78 is 41.7. The van der Waals surface area contributed by atoms with E-state index < -0.39 is 36.2 Å². The van der Waals surface area contributed by atoms with Crippen molar-refractivity contribution < 1.29 is 18.4 Å². The minimum absolute atomic E-state index is 0.282. The summed E-state index contributed by atoms with van der Waals surface area (Å²) in [5.41, 5.74) is 0. The van der Waals surface area contributed by atoms with E-state index >= 15 is 0 Å². The van der Waals surface area contributed by atoms with Crippen LogP contribution in [0.25, 0.3) is 0 Å². The van der Waals surface area contributed by atoms with Crippen molar-refractivity contribution in [3.63, 3.8) is 0 Å². The molecule has 6 atom stereocenters. The molecule has 0 spiro atoms. The Balaban J connectivity index is 2.92. The van der Waals surface area contributed by atoms with Gasteiger partial charge < -0.3 is 18.4 Å². The monoisotopic (exact) mass is 390 g/mol. The van der Waals surface area contributed by atoms with E-state index in [0.29, 0.717) is 13.3 Å². The van der Waals surface area contributed by atoms with Gasteiger partial charge in [-0.15, -0.1) is 0 Å². The zero-order valence-electron chi connectivity index (χ0n) is 18.2. The van der Waals surface area contributed by atoms with Crippen LogP contribution in [0.15, 0.2) is 0 Å². The molecule has 0 aliphatic carbocycles. The molecule has 6 nitrogen and oxygen atoms in total. The van der Waals surface area contributed by atoms with Crippen molar-refractivity contribution in [2.75, 3.05) is 26.4 Å². The van der Waals surface area contributed by atoms with Crippen LogP contribution in [0.4, 0.5) is 0 Å². The standard InChI is InChI=1S/C15H34B2N2O4PSi/c1-6-9-19(10-7-2)24(18-11-20-8-3)22-13-12(4)21-15(16)14(13)23-25-17-5/h12-15,18H,6-11,25H2,1-5H3/t12-,13?,14?,15+,24?/m1/s1/i25TD/t12-,13?,14?,15+,24?,25?. The Kier molecular flexibility index (Phi) is 11.1. The molecule has 3 radical (unpaired) electrons. The molecule has 1 aliphatic heterocycles. The van der Waals surface area contributed by atoms with Crippen molar-refractivity contribution in [2.45, 2.75) is 71.7 Å². The average Bonchev–Trinajstić information content (AvgIpc) is 2.87. The average molecular weight is 390 g/mol. The molecular formula is C15H34B2N2O4PSi. The molecule has 1 heterocycles. The summed E-state index contributed by atoms with van der Waals surface area (Å²) in [5.74, 6) is 0. The molecular weight excluding hydrogens is 353 g/mol. The number of hydrogen-bond acceptors (Lipinski definition) is 6. The highest BCUT2D eigenvalue weighted by Crippen LogP contribution is 2.42. The highest BCUT2D eigenvalue weighted by Gasteiger charge is 2.43. The molecule has 1 saturated heterocycles. The van der Waals surface area contributed by atoms with Gasteiger partial charge in [0.1, 0.15) is 37.1 Å². The van der Waals surface area contributed by atoms with Crippen molar-refractivity contribution in [2.24, 2.45) is 0 Å². The number of nitrogens with zero attached hydrogens (tertiary/aromatic N) is 1. The summed E-state index contributed by atoms with van der Waals surface area (Å²) in [4.78, 5) is 0. The van der Waals surface area contributed by atoms with Gasteiger partial charge in [-0.1, -0.05) is 20.7 Å². The lowest BCUT2D eigenvalue weighted by Crippen LogP contribution is -2.40. The molecule has 1 N–H and O–H groups in total. The summed E-state index contributed by atoms with van der Waals surface area (Å²) in [6, 6.07) is -0.706. The molecule has 1 aliphatic rings. The fourth-order valence-corrected chi connectivity index (χ4v) is 5.07. The lowest BCUT2D eigenvalue weighted by molar-refractivity contribution is 0.0525. The van der Waals surface area contributed by atoms with E-state index in [1.165, 1.54) is 6.87 Å². The second kappa shape index (κ2) is 13.7. The van der Waals surface area contributed by atoms with Gasteiger partial charge in [-0.3, -0.25) is 0 Å². The fourth-order valence-electron chi connectivity index (χ4n) is 2.62. The first-order valence-corrected chi connectivity index (χ1v) is 11.4. The van der Waals surface area contributed by atoms with Crippen LogP contribution in [0, 0.1) is 0 Å².